The summed E-state index contributed by atoms with van der Waals surface area (Å²) in [6.07, 6.45) is 4.80. The number of hydrogen-bond donors (Lipinski definition) is 1. The van der Waals surface area contributed by atoms with Crippen molar-refractivity contribution in [1.82, 2.24) is 4.90 Å². The zero-order chi connectivity index (χ0) is 14.5. The van der Waals surface area contributed by atoms with E-state index in [0.717, 1.165) is 37.0 Å². The summed E-state index contributed by atoms with van der Waals surface area (Å²) < 4.78 is 0. The molecule has 1 aliphatic heterocycles. The third-order valence-corrected chi connectivity index (χ3v) is 5.38. The van der Waals surface area contributed by atoms with E-state index >= 15 is 0 Å². The molecule has 110 valence electrons. The summed E-state index contributed by atoms with van der Waals surface area (Å²) in [5, 5.41) is 9.65. The van der Waals surface area contributed by atoms with E-state index in [-0.39, 0.29) is 23.7 Å². The molecule has 0 aromatic carbocycles. The van der Waals surface area contributed by atoms with Crippen LogP contribution in [-0.2, 0) is 14.4 Å². The number of rotatable bonds is 2. The standard InChI is InChI=1S/C15H21NO4/c1-9-7-10-11(8-9)13(18)16(12(10)17)15(14(19)20)5-3-2-4-6-15/h9-11H,2-8H2,1H3,(H,19,20). The van der Waals surface area contributed by atoms with E-state index in [2.05, 4.69) is 6.92 Å². The lowest BCUT2D eigenvalue weighted by atomic mass is 9.80. The Morgan fingerprint density at radius 1 is 1.10 bits per heavy atom. The van der Waals surface area contributed by atoms with Crippen LogP contribution in [0.1, 0.15) is 51.9 Å². The summed E-state index contributed by atoms with van der Waals surface area (Å²) in [7, 11) is 0. The number of carboxylic acid groups (broad SMARTS) is 1. The molecule has 2 amide bonds. The first-order chi connectivity index (χ1) is 9.47. The number of aliphatic carboxylic acids is 1. The smallest absolute Gasteiger partial charge is 0.330 e. The molecule has 5 nitrogen and oxygen atoms in total. The van der Waals surface area contributed by atoms with Gasteiger partial charge >= 0.3 is 5.97 Å². The molecule has 0 bridgehead atoms. The van der Waals surface area contributed by atoms with Crippen molar-refractivity contribution >= 4 is 17.8 Å². The molecule has 3 fully saturated rings. The van der Waals surface area contributed by atoms with Crippen LogP contribution in [-0.4, -0.2) is 33.3 Å². The Hall–Kier alpha value is -1.39. The largest absolute Gasteiger partial charge is 0.479 e. The van der Waals surface area contributed by atoms with Crippen LogP contribution in [0, 0.1) is 17.8 Å². The van der Waals surface area contributed by atoms with Gasteiger partial charge < -0.3 is 5.11 Å². The van der Waals surface area contributed by atoms with Gasteiger partial charge in [-0.25, -0.2) is 4.79 Å². The number of carbonyl (C=O) groups is 3. The predicted molar refractivity (Wildman–Crippen MR) is 70.7 cm³/mol. The van der Waals surface area contributed by atoms with Gasteiger partial charge in [-0.3, -0.25) is 14.5 Å². The van der Waals surface area contributed by atoms with Crippen molar-refractivity contribution in [2.45, 2.75) is 57.4 Å². The molecule has 1 heterocycles. The van der Waals surface area contributed by atoms with E-state index in [4.69, 9.17) is 0 Å². The highest BCUT2D eigenvalue weighted by Gasteiger charge is 2.60. The number of amides is 2. The van der Waals surface area contributed by atoms with Gasteiger partial charge in [0.15, 0.2) is 0 Å². The Kier molecular flexibility index (Phi) is 3.10. The molecule has 3 aliphatic rings. The van der Waals surface area contributed by atoms with Gasteiger partial charge in [0.2, 0.25) is 11.8 Å². The Balaban J connectivity index is 1.95. The SMILES string of the molecule is CC1CC2C(=O)N(C3(C(=O)O)CCCCC3)C(=O)C2C1. The maximum absolute atomic E-state index is 12.6. The van der Waals surface area contributed by atoms with Crippen LogP contribution in [0.15, 0.2) is 0 Å². The Bertz CT molecular complexity index is 442. The Morgan fingerprint density at radius 2 is 1.60 bits per heavy atom. The number of likely N-dealkylation sites (tertiary alicyclic amines) is 1. The van der Waals surface area contributed by atoms with Crippen LogP contribution in [0.2, 0.25) is 0 Å². The van der Waals surface area contributed by atoms with E-state index in [9.17, 15) is 19.5 Å². The van der Waals surface area contributed by atoms with E-state index in [0.29, 0.717) is 18.8 Å². The van der Waals surface area contributed by atoms with Crippen LogP contribution in [0.3, 0.4) is 0 Å². The fraction of sp³-hybridized carbons (Fsp3) is 0.800. The van der Waals surface area contributed by atoms with Gasteiger partial charge in [0.05, 0.1) is 11.8 Å². The summed E-state index contributed by atoms with van der Waals surface area (Å²) >= 11 is 0. The molecule has 2 atom stereocenters. The average molecular weight is 279 g/mol. The summed E-state index contributed by atoms with van der Waals surface area (Å²) in [5.74, 6) is -1.62. The molecule has 3 rings (SSSR count). The molecule has 20 heavy (non-hydrogen) atoms. The molecule has 5 heteroatoms. The van der Waals surface area contributed by atoms with Crippen molar-refractivity contribution in [3.63, 3.8) is 0 Å². The van der Waals surface area contributed by atoms with Crippen LogP contribution in [0.4, 0.5) is 0 Å². The molecule has 2 saturated carbocycles. The highest BCUT2D eigenvalue weighted by Crippen LogP contribution is 2.47. The minimum atomic E-state index is -1.26. The molecule has 0 spiro atoms. The summed E-state index contributed by atoms with van der Waals surface area (Å²) in [4.78, 5) is 38.1. The minimum Gasteiger partial charge on any atom is -0.479 e. The average Bonchev–Trinajstić information content (AvgIpc) is 2.90. The zero-order valence-electron chi connectivity index (χ0n) is 11.8. The van der Waals surface area contributed by atoms with E-state index in [1.165, 1.54) is 0 Å². The van der Waals surface area contributed by atoms with Crippen molar-refractivity contribution in [3.8, 4) is 0 Å². The lowest BCUT2D eigenvalue weighted by molar-refractivity contribution is -0.166. The summed E-state index contributed by atoms with van der Waals surface area (Å²) in [6, 6.07) is 0. The minimum absolute atomic E-state index is 0.228. The quantitative estimate of drug-likeness (QED) is 0.782. The second kappa shape index (κ2) is 4.57. The predicted octanol–water partition coefficient (Wildman–Crippen LogP) is 1.80. The summed E-state index contributed by atoms with van der Waals surface area (Å²) in [6.45, 7) is 2.05. The third kappa shape index (κ3) is 1.71. The first kappa shape index (κ1) is 13.6. The van der Waals surface area contributed by atoms with Crippen LogP contribution in [0.5, 0.6) is 0 Å². The molecule has 2 unspecified atom stereocenters. The van der Waals surface area contributed by atoms with E-state index in [1.807, 2.05) is 0 Å². The second-order valence-electron chi connectivity index (χ2n) is 6.70. The number of hydrogen-bond acceptors (Lipinski definition) is 3. The van der Waals surface area contributed by atoms with Gasteiger partial charge in [-0.15, -0.1) is 0 Å². The molecule has 1 saturated heterocycles. The fourth-order valence-electron chi connectivity index (χ4n) is 4.37. The number of carbonyl (C=O) groups excluding carboxylic acids is 2. The number of nitrogens with zero attached hydrogens (tertiary/aromatic N) is 1. The molecule has 0 radical (unpaired) electrons. The monoisotopic (exact) mass is 279 g/mol. The van der Waals surface area contributed by atoms with Gasteiger partial charge in [-0.2, -0.15) is 0 Å². The highest BCUT2D eigenvalue weighted by molar-refractivity contribution is 6.09. The van der Waals surface area contributed by atoms with Crippen molar-refractivity contribution < 1.29 is 19.5 Å². The molecular weight excluding hydrogens is 258 g/mol. The van der Waals surface area contributed by atoms with Crippen molar-refractivity contribution in [2.75, 3.05) is 0 Å². The third-order valence-electron chi connectivity index (χ3n) is 5.38. The van der Waals surface area contributed by atoms with Gasteiger partial charge in [0.25, 0.3) is 0 Å². The Morgan fingerprint density at radius 3 is 2.05 bits per heavy atom. The lowest BCUT2D eigenvalue weighted by Gasteiger charge is -2.40. The molecule has 0 aromatic heterocycles. The zero-order valence-corrected chi connectivity index (χ0v) is 11.8. The summed E-state index contributed by atoms with van der Waals surface area (Å²) in [5.41, 5.74) is -1.26. The topological polar surface area (TPSA) is 74.7 Å². The first-order valence-corrected chi connectivity index (χ1v) is 7.58. The number of fused-ring (bicyclic) bond motifs is 1. The number of imide groups is 1. The van der Waals surface area contributed by atoms with Crippen LogP contribution in [0.25, 0.3) is 0 Å². The van der Waals surface area contributed by atoms with Crippen molar-refractivity contribution in [1.29, 1.82) is 0 Å². The van der Waals surface area contributed by atoms with Gasteiger partial charge in [-0.1, -0.05) is 26.2 Å². The molecule has 0 aromatic rings. The van der Waals surface area contributed by atoms with Crippen LogP contribution >= 0.6 is 0 Å². The van der Waals surface area contributed by atoms with Gasteiger partial charge in [0, 0.05) is 0 Å². The van der Waals surface area contributed by atoms with E-state index < -0.39 is 11.5 Å². The number of carboxylic acids is 1. The Labute approximate surface area is 118 Å². The van der Waals surface area contributed by atoms with Crippen LogP contribution < -0.4 is 0 Å². The second-order valence-corrected chi connectivity index (χ2v) is 6.70. The highest BCUT2D eigenvalue weighted by atomic mass is 16.4. The molecule has 1 N–H and O–H groups in total. The van der Waals surface area contributed by atoms with Crippen molar-refractivity contribution in [2.24, 2.45) is 17.8 Å². The maximum Gasteiger partial charge on any atom is 0.330 e. The van der Waals surface area contributed by atoms with Crippen molar-refractivity contribution in [3.05, 3.63) is 0 Å². The lowest BCUT2D eigenvalue weighted by Crippen LogP contribution is -2.58. The van der Waals surface area contributed by atoms with Gasteiger partial charge in [0.1, 0.15) is 5.54 Å². The molecular formula is C15H21NO4. The normalized spacial score (nSPS) is 36.2. The fourth-order valence-corrected chi connectivity index (χ4v) is 4.37. The first-order valence-electron chi connectivity index (χ1n) is 7.58. The van der Waals surface area contributed by atoms with E-state index in [1.54, 1.807) is 0 Å². The van der Waals surface area contributed by atoms with Gasteiger partial charge in [-0.05, 0) is 31.6 Å². The maximum atomic E-state index is 12.6. The molecule has 2 aliphatic carbocycles.